The van der Waals surface area contributed by atoms with Crippen molar-refractivity contribution in [3.8, 4) is 11.5 Å². The summed E-state index contributed by atoms with van der Waals surface area (Å²) >= 11 is 0. The summed E-state index contributed by atoms with van der Waals surface area (Å²) < 4.78 is 21.8. The minimum Gasteiger partial charge on any atom is -0.493 e. The van der Waals surface area contributed by atoms with Gasteiger partial charge in [0.25, 0.3) is 0 Å². The van der Waals surface area contributed by atoms with Crippen LogP contribution in [0.3, 0.4) is 0 Å². The van der Waals surface area contributed by atoms with Gasteiger partial charge in [0, 0.05) is 12.0 Å². The van der Waals surface area contributed by atoms with Crippen LogP contribution in [0.4, 0.5) is 0 Å². The van der Waals surface area contributed by atoms with Crippen molar-refractivity contribution in [2.75, 3.05) is 41.7 Å². The molecule has 0 saturated heterocycles. The maximum absolute atomic E-state index is 12.5. The summed E-state index contributed by atoms with van der Waals surface area (Å²) in [7, 11) is 5.54. The van der Waals surface area contributed by atoms with Crippen LogP contribution in [0.5, 0.6) is 11.5 Å². The average Bonchev–Trinajstić information content (AvgIpc) is 3.00. The van der Waals surface area contributed by atoms with E-state index in [9.17, 15) is 9.59 Å². The Morgan fingerprint density at radius 3 is 1.95 bits per heavy atom. The fourth-order valence-electron chi connectivity index (χ4n) is 4.29. The summed E-state index contributed by atoms with van der Waals surface area (Å²) in [6, 6.07) is 18.4. The van der Waals surface area contributed by atoms with Crippen LogP contribution < -0.4 is 9.47 Å². The molecule has 0 saturated carbocycles. The molecule has 0 unspecified atom stereocenters. The zero-order valence-corrected chi connectivity index (χ0v) is 23.4. The third kappa shape index (κ3) is 7.50. The lowest BCUT2D eigenvalue weighted by Crippen LogP contribution is -2.10. The summed E-state index contributed by atoms with van der Waals surface area (Å²) in [4.78, 5) is 44.1. The highest BCUT2D eigenvalue weighted by Gasteiger charge is 2.16. The zero-order valence-electron chi connectivity index (χ0n) is 23.4. The molecule has 0 spiro atoms. The maximum Gasteiger partial charge on any atom is 0.341 e. The quantitative estimate of drug-likeness (QED) is 0.0835. The third-order valence-electron chi connectivity index (χ3n) is 6.33. The second kappa shape index (κ2) is 14.4. The monoisotopic (exact) mass is 564 g/mol. The molecule has 0 radical (unpaired) electrons. The van der Waals surface area contributed by atoms with Gasteiger partial charge >= 0.3 is 11.9 Å². The van der Waals surface area contributed by atoms with Crippen LogP contribution in [0.15, 0.2) is 60.7 Å². The second-order valence-electron chi connectivity index (χ2n) is 8.94. The van der Waals surface area contributed by atoms with Crippen molar-refractivity contribution in [1.29, 1.82) is 0 Å². The van der Waals surface area contributed by atoms with Gasteiger partial charge in [0.05, 0.1) is 47.2 Å². The molecule has 0 aliphatic carbocycles. The predicted molar refractivity (Wildman–Crippen MR) is 150 cm³/mol. The molecule has 0 amide bonds. The van der Waals surface area contributed by atoms with Crippen molar-refractivity contribution >= 4 is 33.5 Å². The first-order valence-electron chi connectivity index (χ1n) is 12.8. The first-order chi connectivity index (χ1) is 20.0. The number of carbonyl (C=O) groups excluding carboxylic acids is 2. The minimum atomic E-state index is -0.544. The zero-order chi connectivity index (χ0) is 29.2. The fraction of sp³-hybridized carbons (Fsp3) is 0.290. The summed E-state index contributed by atoms with van der Waals surface area (Å²) in [5.41, 5.74) is 2.42. The van der Waals surface area contributed by atoms with E-state index < -0.39 is 11.9 Å². The van der Waals surface area contributed by atoms with Crippen LogP contribution in [0, 0.1) is 0 Å². The first kappa shape index (κ1) is 29.8. The van der Waals surface area contributed by atoms with Crippen LogP contribution >= 0.6 is 0 Å². The predicted octanol–water partition coefficient (Wildman–Crippen LogP) is 5.57. The van der Waals surface area contributed by atoms with Crippen molar-refractivity contribution in [1.82, 2.24) is 0 Å². The lowest BCUT2D eigenvalue weighted by Gasteiger charge is -2.15. The lowest BCUT2D eigenvalue weighted by molar-refractivity contribution is -0.282. The molecule has 0 heterocycles. The first-order valence-corrected chi connectivity index (χ1v) is 12.8. The van der Waals surface area contributed by atoms with Gasteiger partial charge in [-0.1, -0.05) is 18.2 Å². The van der Waals surface area contributed by atoms with E-state index >= 15 is 0 Å². The van der Waals surface area contributed by atoms with Gasteiger partial charge in [0.1, 0.15) is 30.3 Å². The van der Waals surface area contributed by atoms with E-state index in [0.717, 1.165) is 27.3 Å². The molecule has 0 aliphatic rings. The molecule has 0 atom stereocenters. The molecule has 10 nitrogen and oxygen atoms in total. The van der Waals surface area contributed by atoms with Gasteiger partial charge in [-0.05, 0) is 69.6 Å². The van der Waals surface area contributed by atoms with Crippen LogP contribution in [-0.4, -0.2) is 53.6 Å². The Labute approximate surface area is 237 Å². The van der Waals surface area contributed by atoms with E-state index in [4.69, 9.17) is 38.5 Å². The van der Waals surface area contributed by atoms with Gasteiger partial charge in [-0.25, -0.2) is 29.1 Å². The number of esters is 2. The number of hydrogen-bond acceptors (Lipinski definition) is 10. The number of methoxy groups -OCH3 is 2. The molecule has 4 aromatic rings. The van der Waals surface area contributed by atoms with Crippen molar-refractivity contribution in [3.05, 3.63) is 82.9 Å². The molecule has 41 heavy (non-hydrogen) atoms. The van der Waals surface area contributed by atoms with Crippen molar-refractivity contribution in [3.63, 3.8) is 0 Å². The number of fused-ring (bicyclic) bond motifs is 2. The standard InChI is InChI=1S/C31H32O10/c1-34-30(32)23-9-8-22-17-29(27(31(33)35-2)15-25(22)13-23)39-11-5-10-38-28-16-21-7-6-20(18-40-36-3)12-24(21)14-26(28)19-41-37-4/h6-9,12-17H,5,10-11,18-19H2,1-4H3. The van der Waals surface area contributed by atoms with E-state index in [-0.39, 0.29) is 18.8 Å². The topological polar surface area (TPSA) is 108 Å². The molecule has 4 rings (SSSR count). The van der Waals surface area contributed by atoms with Crippen LogP contribution in [0.1, 0.15) is 38.3 Å². The largest absolute Gasteiger partial charge is 0.493 e. The highest BCUT2D eigenvalue weighted by molar-refractivity contribution is 6.01. The average molecular weight is 565 g/mol. The van der Waals surface area contributed by atoms with E-state index in [1.165, 1.54) is 28.4 Å². The van der Waals surface area contributed by atoms with E-state index in [0.29, 0.717) is 42.1 Å². The van der Waals surface area contributed by atoms with Crippen molar-refractivity contribution in [2.24, 2.45) is 0 Å². The van der Waals surface area contributed by atoms with Gasteiger partial charge in [-0.15, -0.1) is 0 Å². The maximum atomic E-state index is 12.5. The Kier molecular flexibility index (Phi) is 10.5. The van der Waals surface area contributed by atoms with E-state index in [1.807, 2.05) is 30.3 Å². The summed E-state index contributed by atoms with van der Waals surface area (Å²) in [6.45, 7) is 1.18. The molecule has 216 valence electrons. The molecule has 0 aliphatic heterocycles. The molecule has 0 aromatic heterocycles. The highest BCUT2D eigenvalue weighted by atomic mass is 17.2. The number of rotatable bonds is 14. The van der Waals surface area contributed by atoms with E-state index in [1.54, 1.807) is 30.3 Å². The second-order valence-corrected chi connectivity index (χ2v) is 8.94. The summed E-state index contributed by atoms with van der Waals surface area (Å²) in [5.74, 6) is 0.0373. The Hall–Kier alpha value is -4.22. The van der Waals surface area contributed by atoms with Crippen molar-refractivity contribution < 1.29 is 48.1 Å². The number of carbonyl (C=O) groups is 2. The Morgan fingerprint density at radius 2 is 1.24 bits per heavy atom. The molecular weight excluding hydrogens is 532 g/mol. The van der Waals surface area contributed by atoms with Gasteiger partial charge in [-0.3, -0.25) is 0 Å². The lowest BCUT2D eigenvalue weighted by atomic mass is 10.0. The normalized spacial score (nSPS) is 11.0. The summed E-state index contributed by atoms with van der Waals surface area (Å²) in [6.07, 6.45) is 0.538. The smallest absolute Gasteiger partial charge is 0.341 e. The number of hydrogen-bond donors (Lipinski definition) is 0. The van der Waals surface area contributed by atoms with Crippen LogP contribution in [0.25, 0.3) is 21.5 Å². The molecule has 0 N–H and O–H groups in total. The van der Waals surface area contributed by atoms with Crippen LogP contribution in [-0.2, 0) is 42.2 Å². The fourth-order valence-corrected chi connectivity index (χ4v) is 4.29. The molecule has 10 heteroatoms. The number of benzene rings is 4. The SMILES string of the molecule is COOCc1ccc2cc(OCCCOc3cc4ccc(C(=O)OC)cc4cc3C(=O)OC)c(COOC)cc2c1. The molecule has 0 bridgehead atoms. The highest BCUT2D eigenvalue weighted by Crippen LogP contribution is 2.30. The molecule has 0 fully saturated rings. The van der Waals surface area contributed by atoms with Crippen molar-refractivity contribution in [2.45, 2.75) is 19.6 Å². The van der Waals surface area contributed by atoms with Gasteiger partial charge in [-0.2, -0.15) is 0 Å². The van der Waals surface area contributed by atoms with E-state index in [2.05, 4.69) is 0 Å². The Morgan fingerprint density at radius 1 is 0.610 bits per heavy atom. The Balaban J connectivity index is 1.45. The Bertz CT molecular complexity index is 1510. The molecular formula is C31H32O10. The minimum absolute atomic E-state index is 0.203. The van der Waals surface area contributed by atoms with Crippen LogP contribution in [0.2, 0.25) is 0 Å². The third-order valence-corrected chi connectivity index (χ3v) is 6.33. The van der Waals surface area contributed by atoms with Gasteiger partial charge in [0.2, 0.25) is 0 Å². The van der Waals surface area contributed by atoms with Gasteiger partial charge in [0.15, 0.2) is 0 Å². The summed E-state index contributed by atoms with van der Waals surface area (Å²) in [5, 5.41) is 3.47. The molecule has 4 aromatic carbocycles. The number of ether oxygens (including phenoxy) is 4. The van der Waals surface area contributed by atoms with Gasteiger partial charge < -0.3 is 18.9 Å².